The molecule has 0 spiro atoms. The Morgan fingerprint density at radius 3 is 3.30 bits per heavy atom. The molecule has 10 heavy (non-hydrogen) atoms. The first-order valence-corrected chi connectivity index (χ1v) is 3.53. The van der Waals surface area contributed by atoms with Crippen LogP contribution in [0.25, 0.3) is 0 Å². The van der Waals surface area contributed by atoms with E-state index in [2.05, 4.69) is 35.9 Å². The summed E-state index contributed by atoms with van der Waals surface area (Å²) < 4.78 is 0.563. The van der Waals surface area contributed by atoms with E-state index in [9.17, 15) is 0 Å². The van der Waals surface area contributed by atoms with Gasteiger partial charge in [0.15, 0.2) is 10.6 Å². The Hall–Kier alpha value is -0.840. The van der Waals surface area contributed by atoms with E-state index < -0.39 is 0 Å². The van der Waals surface area contributed by atoms with E-state index in [-0.39, 0.29) is 6.04 Å². The van der Waals surface area contributed by atoms with Crippen LogP contribution in [-0.4, -0.2) is 29.2 Å². The summed E-state index contributed by atoms with van der Waals surface area (Å²) in [5.41, 5.74) is 0. The Bertz CT molecular complexity index is 275. The summed E-state index contributed by atoms with van der Waals surface area (Å²) in [5, 5.41) is 0. The third-order valence-corrected chi connectivity index (χ3v) is 1.59. The summed E-state index contributed by atoms with van der Waals surface area (Å²) in [5.74, 6) is 0.710. The van der Waals surface area contributed by atoms with Gasteiger partial charge in [-0.1, -0.05) is 0 Å². The highest BCUT2D eigenvalue weighted by Gasteiger charge is 2.18. The van der Waals surface area contributed by atoms with Crippen LogP contribution >= 0.6 is 15.9 Å². The molecule has 2 heterocycles. The van der Waals surface area contributed by atoms with Gasteiger partial charge in [-0.15, -0.1) is 0 Å². The van der Waals surface area contributed by atoms with Gasteiger partial charge in [-0.25, -0.2) is 15.0 Å². The third kappa shape index (κ3) is 0.824. The standard InChI is InChI=1S/C5H3BrN4/c6-5-7-1-3-4(10-5)9-2-8-3/h1-3H. The number of hydrogen-bond donors (Lipinski definition) is 0. The van der Waals surface area contributed by atoms with Crippen LogP contribution in [0.5, 0.6) is 0 Å². The van der Waals surface area contributed by atoms with Gasteiger partial charge in [0.05, 0.1) is 0 Å². The van der Waals surface area contributed by atoms with Crippen molar-refractivity contribution < 1.29 is 0 Å². The highest BCUT2D eigenvalue weighted by molar-refractivity contribution is 9.18. The topological polar surface area (TPSA) is 49.4 Å². The Balaban J connectivity index is 2.39. The molecule has 0 saturated heterocycles. The quantitative estimate of drug-likeness (QED) is 0.514. The second-order valence-electron chi connectivity index (χ2n) is 1.86. The van der Waals surface area contributed by atoms with Crippen molar-refractivity contribution in [2.24, 2.45) is 20.0 Å². The van der Waals surface area contributed by atoms with Crippen molar-refractivity contribution >= 4 is 39.1 Å². The Labute approximate surface area is 65.6 Å². The summed E-state index contributed by atoms with van der Waals surface area (Å²) in [6.07, 6.45) is 3.21. The lowest BCUT2D eigenvalue weighted by Gasteiger charge is -2.04. The maximum Gasteiger partial charge on any atom is 0.198 e. The fraction of sp³-hybridized carbons (Fsp3) is 0.200. The summed E-state index contributed by atoms with van der Waals surface area (Å²) in [6.45, 7) is 0. The zero-order valence-electron chi connectivity index (χ0n) is 4.90. The Morgan fingerprint density at radius 2 is 2.40 bits per heavy atom. The van der Waals surface area contributed by atoms with E-state index in [1.807, 2.05) is 0 Å². The summed E-state index contributed by atoms with van der Waals surface area (Å²) in [4.78, 5) is 15.8. The summed E-state index contributed by atoms with van der Waals surface area (Å²) in [7, 11) is 0. The largest absolute Gasteiger partial charge is 0.256 e. The Kier molecular flexibility index (Phi) is 1.23. The average Bonchev–Trinajstić information content (AvgIpc) is 2.33. The molecule has 0 fully saturated rings. The first-order valence-electron chi connectivity index (χ1n) is 2.74. The maximum absolute atomic E-state index is 4.00. The van der Waals surface area contributed by atoms with Gasteiger partial charge in [-0.3, -0.25) is 4.99 Å². The third-order valence-electron chi connectivity index (χ3n) is 1.21. The van der Waals surface area contributed by atoms with Gasteiger partial charge in [-0.2, -0.15) is 0 Å². The van der Waals surface area contributed by atoms with Gasteiger partial charge in [-0.05, 0) is 15.9 Å². The molecular weight excluding hydrogens is 196 g/mol. The lowest BCUT2D eigenvalue weighted by Crippen LogP contribution is -2.19. The fourth-order valence-corrected chi connectivity index (χ4v) is 1.06. The molecule has 2 aliphatic rings. The molecule has 1 atom stereocenters. The smallest absolute Gasteiger partial charge is 0.198 e. The lowest BCUT2D eigenvalue weighted by molar-refractivity contribution is 1.17. The average molecular weight is 199 g/mol. The van der Waals surface area contributed by atoms with Crippen LogP contribution < -0.4 is 0 Å². The number of halogens is 1. The van der Waals surface area contributed by atoms with Crippen LogP contribution in [0.3, 0.4) is 0 Å². The highest BCUT2D eigenvalue weighted by Crippen LogP contribution is 2.08. The normalized spacial score (nSPS) is 27.9. The number of amidine groups is 2. The SMILES string of the molecule is BrC1=NC2=NC=NC2C=N1. The molecule has 0 bridgehead atoms. The number of aliphatic imine (C=N–C) groups is 4. The van der Waals surface area contributed by atoms with Crippen molar-refractivity contribution in [3.05, 3.63) is 0 Å². The van der Waals surface area contributed by atoms with Crippen LogP contribution in [0.2, 0.25) is 0 Å². The molecule has 0 aromatic heterocycles. The monoisotopic (exact) mass is 198 g/mol. The lowest BCUT2D eigenvalue weighted by atomic mass is 10.3. The summed E-state index contributed by atoms with van der Waals surface area (Å²) in [6, 6.07) is -0.0405. The zero-order chi connectivity index (χ0) is 6.97. The molecule has 0 aliphatic carbocycles. The van der Waals surface area contributed by atoms with Gasteiger partial charge in [0.25, 0.3) is 0 Å². The maximum atomic E-state index is 4.00. The minimum Gasteiger partial charge on any atom is -0.256 e. The zero-order valence-corrected chi connectivity index (χ0v) is 6.48. The molecule has 50 valence electrons. The van der Waals surface area contributed by atoms with Crippen LogP contribution in [-0.2, 0) is 0 Å². The van der Waals surface area contributed by atoms with Crippen molar-refractivity contribution in [2.75, 3.05) is 0 Å². The molecule has 0 N–H and O–H groups in total. The van der Waals surface area contributed by atoms with Crippen molar-refractivity contribution in [2.45, 2.75) is 6.04 Å². The van der Waals surface area contributed by atoms with E-state index in [1.165, 1.54) is 6.34 Å². The van der Waals surface area contributed by atoms with Crippen molar-refractivity contribution in [3.8, 4) is 0 Å². The highest BCUT2D eigenvalue weighted by atomic mass is 79.9. The van der Waals surface area contributed by atoms with Gasteiger partial charge in [0, 0.05) is 6.21 Å². The molecule has 0 aromatic rings. The number of nitrogens with zero attached hydrogens (tertiary/aromatic N) is 4. The van der Waals surface area contributed by atoms with Crippen molar-refractivity contribution in [3.63, 3.8) is 0 Å². The molecular formula is C5H3BrN4. The molecule has 5 heteroatoms. The van der Waals surface area contributed by atoms with E-state index >= 15 is 0 Å². The first kappa shape index (κ1) is 5.91. The molecule has 2 aliphatic heterocycles. The second kappa shape index (κ2) is 2.09. The molecule has 1 unspecified atom stereocenters. The van der Waals surface area contributed by atoms with Crippen molar-refractivity contribution in [1.29, 1.82) is 0 Å². The number of fused-ring (bicyclic) bond motifs is 1. The molecule has 0 saturated carbocycles. The number of rotatable bonds is 0. The van der Waals surface area contributed by atoms with E-state index in [0.717, 1.165) is 0 Å². The van der Waals surface area contributed by atoms with Crippen molar-refractivity contribution in [1.82, 2.24) is 0 Å². The van der Waals surface area contributed by atoms with Gasteiger partial charge >= 0.3 is 0 Å². The second-order valence-corrected chi connectivity index (χ2v) is 2.56. The molecule has 0 radical (unpaired) electrons. The van der Waals surface area contributed by atoms with Crippen LogP contribution in [0.4, 0.5) is 0 Å². The number of hydrogen-bond acceptors (Lipinski definition) is 4. The first-order chi connectivity index (χ1) is 4.86. The van der Waals surface area contributed by atoms with Crippen LogP contribution in [0, 0.1) is 0 Å². The fourth-order valence-electron chi connectivity index (χ4n) is 0.763. The predicted octanol–water partition coefficient (Wildman–Crippen LogP) is 0.631. The minimum atomic E-state index is -0.0405. The van der Waals surface area contributed by atoms with E-state index in [1.54, 1.807) is 6.21 Å². The van der Waals surface area contributed by atoms with Gasteiger partial charge in [0.1, 0.15) is 12.4 Å². The Morgan fingerprint density at radius 1 is 1.50 bits per heavy atom. The van der Waals surface area contributed by atoms with Crippen LogP contribution in [0.1, 0.15) is 0 Å². The van der Waals surface area contributed by atoms with Gasteiger partial charge in [0.2, 0.25) is 0 Å². The predicted molar refractivity (Wildman–Crippen MR) is 44.6 cm³/mol. The van der Waals surface area contributed by atoms with E-state index in [0.29, 0.717) is 10.6 Å². The molecule has 0 amide bonds. The molecule has 2 rings (SSSR count). The molecule has 4 nitrogen and oxygen atoms in total. The van der Waals surface area contributed by atoms with Gasteiger partial charge < -0.3 is 0 Å². The van der Waals surface area contributed by atoms with E-state index in [4.69, 9.17) is 0 Å². The van der Waals surface area contributed by atoms with Crippen LogP contribution in [0.15, 0.2) is 20.0 Å². The summed E-state index contributed by atoms with van der Waals surface area (Å²) >= 11 is 3.14. The molecule has 0 aromatic carbocycles. The minimum absolute atomic E-state index is 0.0405.